The van der Waals surface area contributed by atoms with Gasteiger partial charge in [-0.05, 0) is 108 Å². The zero-order chi connectivity index (χ0) is 27.5. The summed E-state index contributed by atoms with van der Waals surface area (Å²) in [6, 6.07) is 19.4. The summed E-state index contributed by atoms with van der Waals surface area (Å²) in [7, 11) is -0.629. The first-order valence-electron chi connectivity index (χ1n) is 15.7. The molecule has 0 aliphatic heterocycles. The number of benzene rings is 3. The zero-order valence-electron chi connectivity index (χ0n) is 25.6. The molecule has 0 radical (unpaired) electrons. The number of rotatable bonds is 15. The van der Waals surface area contributed by atoms with Crippen molar-refractivity contribution in [1.29, 1.82) is 0 Å². The van der Waals surface area contributed by atoms with Gasteiger partial charge in [0.2, 0.25) is 0 Å². The van der Waals surface area contributed by atoms with Crippen LogP contribution in [0.1, 0.15) is 119 Å². The molecular formula is C37H53P. The molecule has 0 aliphatic carbocycles. The topological polar surface area (TPSA) is 0 Å². The van der Waals surface area contributed by atoms with Gasteiger partial charge in [0.15, 0.2) is 0 Å². The van der Waals surface area contributed by atoms with Gasteiger partial charge in [0.1, 0.15) is 0 Å². The normalized spacial score (nSPS) is 11.5. The molecule has 206 valence electrons. The van der Waals surface area contributed by atoms with Crippen LogP contribution in [0, 0.1) is 6.92 Å². The average molecular weight is 529 g/mol. The van der Waals surface area contributed by atoms with Gasteiger partial charge in [-0.1, -0.05) is 129 Å². The van der Waals surface area contributed by atoms with Gasteiger partial charge in [-0.15, -0.1) is 0 Å². The van der Waals surface area contributed by atoms with Crippen LogP contribution in [0.3, 0.4) is 0 Å². The van der Waals surface area contributed by atoms with Gasteiger partial charge in [-0.2, -0.15) is 0 Å². The van der Waals surface area contributed by atoms with Crippen LogP contribution in [0.5, 0.6) is 0 Å². The molecule has 1 heteroatoms. The lowest BCUT2D eigenvalue weighted by Gasteiger charge is -2.30. The van der Waals surface area contributed by atoms with Crippen LogP contribution < -0.4 is 15.9 Å². The van der Waals surface area contributed by atoms with E-state index in [4.69, 9.17) is 0 Å². The van der Waals surface area contributed by atoms with Crippen molar-refractivity contribution in [1.82, 2.24) is 0 Å². The Kier molecular flexibility index (Phi) is 12.6. The molecule has 0 unspecified atom stereocenters. The summed E-state index contributed by atoms with van der Waals surface area (Å²) in [6.45, 7) is 16.4. The van der Waals surface area contributed by atoms with Gasteiger partial charge in [0.05, 0.1) is 0 Å². The first kappa shape index (κ1) is 30.6. The molecule has 0 amide bonds. The maximum Gasteiger partial charge on any atom is -0.0116 e. The first-order valence-corrected chi connectivity index (χ1v) is 17.0. The SMILES string of the molecule is CCCc1ccc(P(c2ccccc2C)c2ccc(CCC)c(CCC)c2CCC)c(CCC)c1CCC. The molecule has 0 aromatic heterocycles. The standard InChI is InChI=1S/C37H53P/c1-8-16-29-24-26-36(33(20-12-5)31(29)18-10-3)38(35-23-15-14-22-28(35)7)37-27-25-30(17-9-2)32(19-11-4)34(37)21-13-6/h14-15,22-27H,8-13,16-21H2,1-7H3. The van der Waals surface area contributed by atoms with Crippen molar-refractivity contribution < 1.29 is 0 Å². The third kappa shape index (κ3) is 6.99. The summed E-state index contributed by atoms with van der Waals surface area (Å²) in [6.07, 6.45) is 14.4. The quantitative estimate of drug-likeness (QED) is 0.172. The lowest BCUT2D eigenvalue weighted by Crippen LogP contribution is -2.29. The van der Waals surface area contributed by atoms with Gasteiger partial charge in [0, 0.05) is 0 Å². The maximum atomic E-state index is 2.56. The van der Waals surface area contributed by atoms with Crippen molar-refractivity contribution in [3.8, 4) is 0 Å². The molecule has 3 rings (SSSR count). The molecule has 0 spiro atoms. The van der Waals surface area contributed by atoms with Crippen molar-refractivity contribution >= 4 is 23.8 Å². The molecule has 0 fully saturated rings. The largest absolute Gasteiger partial charge is 0.0651 e. The molecule has 0 heterocycles. The van der Waals surface area contributed by atoms with E-state index < -0.39 is 7.92 Å². The Bertz CT molecular complexity index is 1090. The van der Waals surface area contributed by atoms with Crippen LogP contribution in [0.2, 0.25) is 0 Å². The highest BCUT2D eigenvalue weighted by atomic mass is 31.1. The second-order valence-electron chi connectivity index (χ2n) is 11.0. The summed E-state index contributed by atoms with van der Waals surface area (Å²) in [5.41, 5.74) is 11.3. The van der Waals surface area contributed by atoms with E-state index in [0.29, 0.717) is 0 Å². The molecule has 0 bridgehead atoms. The van der Waals surface area contributed by atoms with Crippen LogP contribution in [0.4, 0.5) is 0 Å². The lowest BCUT2D eigenvalue weighted by molar-refractivity contribution is 0.828. The number of aryl methyl sites for hydroxylation is 3. The van der Waals surface area contributed by atoms with E-state index in [9.17, 15) is 0 Å². The van der Waals surface area contributed by atoms with Crippen molar-refractivity contribution in [2.24, 2.45) is 0 Å². The summed E-state index contributed by atoms with van der Waals surface area (Å²) >= 11 is 0. The maximum absolute atomic E-state index is 2.56. The van der Waals surface area contributed by atoms with Gasteiger partial charge >= 0.3 is 0 Å². The van der Waals surface area contributed by atoms with E-state index in [1.165, 1.54) is 82.6 Å². The summed E-state index contributed by atoms with van der Waals surface area (Å²) in [5.74, 6) is 0. The minimum Gasteiger partial charge on any atom is -0.0651 e. The minimum atomic E-state index is -0.629. The third-order valence-corrected chi connectivity index (χ3v) is 10.7. The fourth-order valence-corrected chi connectivity index (χ4v) is 9.19. The number of hydrogen-bond donors (Lipinski definition) is 0. The molecule has 0 aliphatic rings. The van der Waals surface area contributed by atoms with E-state index in [0.717, 1.165) is 0 Å². The summed E-state index contributed by atoms with van der Waals surface area (Å²) in [5, 5.41) is 4.80. The van der Waals surface area contributed by atoms with Gasteiger partial charge in [-0.3, -0.25) is 0 Å². The van der Waals surface area contributed by atoms with Crippen molar-refractivity contribution in [2.45, 2.75) is 126 Å². The highest BCUT2D eigenvalue weighted by Crippen LogP contribution is 2.40. The Hall–Kier alpha value is -1.91. The molecule has 0 atom stereocenters. The molecule has 38 heavy (non-hydrogen) atoms. The molecule has 0 saturated heterocycles. The average Bonchev–Trinajstić information content (AvgIpc) is 2.91. The van der Waals surface area contributed by atoms with Gasteiger partial charge in [0.25, 0.3) is 0 Å². The van der Waals surface area contributed by atoms with E-state index in [1.807, 2.05) is 0 Å². The van der Waals surface area contributed by atoms with Gasteiger partial charge < -0.3 is 0 Å². The predicted octanol–water partition coefficient (Wildman–Crippen LogP) is 9.47. The van der Waals surface area contributed by atoms with Crippen molar-refractivity contribution in [3.63, 3.8) is 0 Å². The summed E-state index contributed by atoms with van der Waals surface area (Å²) in [4.78, 5) is 0. The van der Waals surface area contributed by atoms with E-state index >= 15 is 0 Å². The Morgan fingerprint density at radius 1 is 0.421 bits per heavy atom. The molecule has 0 nitrogen and oxygen atoms in total. The Morgan fingerprint density at radius 2 is 0.816 bits per heavy atom. The molecule has 3 aromatic carbocycles. The third-order valence-electron chi connectivity index (χ3n) is 7.88. The highest BCUT2D eigenvalue weighted by Gasteiger charge is 2.27. The molecular weight excluding hydrogens is 475 g/mol. The summed E-state index contributed by atoms with van der Waals surface area (Å²) < 4.78 is 0. The monoisotopic (exact) mass is 528 g/mol. The van der Waals surface area contributed by atoms with Crippen LogP contribution in [0.15, 0.2) is 48.5 Å². The Balaban J connectivity index is 2.42. The molecule has 0 N–H and O–H groups in total. The zero-order valence-corrected chi connectivity index (χ0v) is 26.4. The fourth-order valence-electron chi connectivity index (χ4n) is 6.27. The highest BCUT2D eigenvalue weighted by molar-refractivity contribution is 7.80. The second kappa shape index (κ2) is 15.6. The minimum absolute atomic E-state index is 0.629. The Labute approximate surface area is 236 Å². The fraction of sp³-hybridized carbons (Fsp3) is 0.514. The van der Waals surface area contributed by atoms with Crippen LogP contribution in [0.25, 0.3) is 0 Å². The van der Waals surface area contributed by atoms with Gasteiger partial charge in [-0.25, -0.2) is 0 Å². The molecule has 0 saturated carbocycles. The molecule has 3 aromatic rings. The second-order valence-corrected chi connectivity index (χ2v) is 13.1. The van der Waals surface area contributed by atoms with E-state index in [2.05, 4.69) is 97.0 Å². The first-order chi connectivity index (χ1) is 18.6. The van der Waals surface area contributed by atoms with E-state index in [1.54, 1.807) is 49.3 Å². The van der Waals surface area contributed by atoms with Crippen molar-refractivity contribution in [3.05, 3.63) is 87.5 Å². The Morgan fingerprint density at radius 3 is 1.21 bits per heavy atom. The van der Waals surface area contributed by atoms with Crippen LogP contribution in [-0.4, -0.2) is 0 Å². The lowest BCUT2D eigenvalue weighted by atomic mass is 9.92. The van der Waals surface area contributed by atoms with Crippen LogP contribution in [-0.2, 0) is 38.5 Å². The van der Waals surface area contributed by atoms with Crippen molar-refractivity contribution in [2.75, 3.05) is 0 Å². The van der Waals surface area contributed by atoms with E-state index in [-0.39, 0.29) is 0 Å². The van der Waals surface area contributed by atoms with Crippen LogP contribution >= 0.6 is 7.92 Å². The smallest absolute Gasteiger partial charge is 0.0116 e. The predicted molar refractivity (Wildman–Crippen MR) is 174 cm³/mol. The number of hydrogen-bond acceptors (Lipinski definition) is 0.